The maximum Gasteiger partial charge on any atom is 0.132 e. The molecule has 2 aromatic carbocycles. The molecule has 0 aliphatic carbocycles. The molecule has 0 spiro atoms. The van der Waals surface area contributed by atoms with Crippen LogP contribution in [0.25, 0.3) is 0 Å². The Kier molecular flexibility index (Phi) is 4.29. The van der Waals surface area contributed by atoms with Crippen molar-refractivity contribution >= 4 is 0 Å². The quantitative estimate of drug-likeness (QED) is 0.925. The van der Waals surface area contributed by atoms with E-state index >= 15 is 0 Å². The Morgan fingerprint density at radius 2 is 1.70 bits per heavy atom. The lowest BCUT2D eigenvalue weighted by Crippen LogP contribution is -2.03. The van der Waals surface area contributed by atoms with Crippen LogP contribution in [0.5, 0.6) is 5.75 Å². The predicted molar refractivity (Wildman–Crippen MR) is 67.7 cm³/mol. The SMILES string of the molecule is CC(O)c1cc(F)ccc1OCc1ccc(F)cc1F. The Balaban J connectivity index is 2.18. The van der Waals surface area contributed by atoms with Crippen LogP contribution in [0.4, 0.5) is 13.2 Å². The van der Waals surface area contributed by atoms with Crippen LogP contribution >= 0.6 is 0 Å². The van der Waals surface area contributed by atoms with Crippen LogP contribution in [-0.4, -0.2) is 5.11 Å². The van der Waals surface area contributed by atoms with Crippen molar-refractivity contribution in [1.29, 1.82) is 0 Å². The van der Waals surface area contributed by atoms with Gasteiger partial charge in [0.15, 0.2) is 0 Å². The van der Waals surface area contributed by atoms with Crippen molar-refractivity contribution in [1.82, 2.24) is 0 Å². The highest BCUT2D eigenvalue weighted by atomic mass is 19.1. The zero-order chi connectivity index (χ0) is 14.7. The summed E-state index contributed by atoms with van der Waals surface area (Å²) in [6.45, 7) is 1.33. The number of halogens is 3. The molecule has 2 aromatic rings. The van der Waals surface area contributed by atoms with Crippen molar-refractivity contribution in [3.8, 4) is 5.75 Å². The predicted octanol–water partition coefficient (Wildman–Crippen LogP) is 3.74. The third-order valence-corrected chi connectivity index (χ3v) is 2.82. The highest BCUT2D eigenvalue weighted by Crippen LogP contribution is 2.27. The molecule has 1 atom stereocenters. The van der Waals surface area contributed by atoms with Crippen LogP contribution in [0.1, 0.15) is 24.2 Å². The first-order chi connectivity index (χ1) is 9.47. The number of aliphatic hydroxyl groups is 1. The van der Waals surface area contributed by atoms with Gasteiger partial charge in [0.25, 0.3) is 0 Å². The van der Waals surface area contributed by atoms with Crippen LogP contribution in [0.15, 0.2) is 36.4 Å². The molecule has 2 rings (SSSR count). The largest absolute Gasteiger partial charge is 0.488 e. The van der Waals surface area contributed by atoms with Gasteiger partial charge in [-0.2, -0.15) is 0 Å². The Bertz CT molecular complexity index is 612. The van der Waals surface area contributed by atoms with Gasteiger partial charge in [-0.05, 0) is 37.3 Å². The molecule has 0 heterocycles. The standard InChI is InChI=1S/C15H13F3O2/c1-9(19)13-6-11(16)4-5-15(13)20-8-10-2-3-12(17)7-14(10)18/h2-7,9,19H,8H2,1H3. The van der Waals surface area contributed by atoms with E-state index in [9.17, 15) is 18.3 Å². The van der Waals surface area contributed by atoms with Crippen molar-refractivity contribution in [2.24, 2.45) is 0 Å². The highest BCUT2D eigenvalue weighted by Gasteiger charge is 2.12. The van der Waals surface area contributed by atoms with Gasteiger partial charge in [0.2, 0.25) is 0 Å². The zero-order valence-electron chi connectivity index (χ0n) is 10.7. The highest BCUT2D eigenvalue weighted by molar-refractivity contribution is 5.35. The molecule has 0 bridgehead atoms. The van der Waals surface area contributed by atoms with Gasteiger partial charge in [0.1, 0.15) is 29.8 Å². The first kappa shape index (κ1) is 14.4. The average molecular weight is 282 g/mol. The Hall–Kier alpha value is -2.01. The summed E-state index contributed by atoms with van der Waals surface area (Å²) in [6, 6.07) is 6.86. The van der Waals surface area contributed by atoms with E-state index in [0.717, 1.165) is 18.2 Å². The molecule has 0 amide bonds. The number of rotatable bonds is 4. The molecule has 0 saturated carbocycles. The van der Waals surface area contributed by atoms with Gasteiger partial charge in [-0.1, -0.05) is 0 Å². The van der Waals surface area contributed by atoms with Crippen molar-refractivity contribution in [3.05, 3.63) is 65.0 Å². The van der Waals surface area contributed by atoms with Crippen LogP contribution in [-0.2, 0) is 6.61 Å². The molecule has 0 saturated heterocycles. The minimum atomic E-state index is -0.918. The van der Waals surface area contributed by atoms with Gasteiger partial charge < -0.3 is 9.84 Å². The van der Waals surface area contributed by atoms with Crippen LogP contribution in [0, 0.1) is 17.5 Å². The van der Waals surface area contributed by atoms with E-state index in [1.165, 1.54) is 25.1 Å². The Labute approximate surface area is 114 Å². The molecule has 0 aliphatic rings. The van der Waals surface area contributed by atoms with Crippen molar-refractivity contribution in [3.63, 3.8) is 0 Å². The fraction of sp³-hybridized carbons (Fsp3) is 0.200. The average Bonchev–Trinajstić information content (AvgIpc) is 2.38. The molecular formula is C15H13F3O2. The summed E-state index contributed by atoms with van der Waals surface area (Å²) in [7, 11) is 0. The first-order valence-electron chi connectivity index (χ1n) is 6.01. The fourth-order valence-electron chi connectivity index (χ4n) is 1.77. The summed E-state index contributed by atoms with van der Waals surface area (Å²) in [5.74, 6) is -1.63. The van der Waals surface area contributed by atoms with Gasteiger partial charge in [-0.25, -0.2) is 13.2 Å². The minimum absolute atomic E-state index is 0.141. The van der Waals surface area contributed by atoms with E-state index in [2.05, 4.69) is 0 Å². The third-order valence-electron chi connectivity index (χ3n) is 2.82. The molecule has 20 heavy (non-hydrogen) atoms. The molecule has 1 unspecified atom stereocenters. The monoisotopic (exact) mass is 282 g/mol. The van der Waals surface area contributed by atoms with Crippen LogP contribution in [0.3, 0.4) is 0 Å². The van der Waals surface area contributed by atoms with Crippen molar-refractivity contribution < 1.29 is 23.0 Å². The number of aliphatic hydroxyl groups excluding tert-OH is 1. The summed E-state index contributed by atoms with van der Waals surface area (Å²) in [6.07, 6.45) is -0.918. The van der Waals surface area contributed by atoms with Crippen molar-refractivity contribution in [2.45, 2.75) is 19.6 Å². The Morgan fingerprint density at radius 1 is 1.05 bits per heavy atom. The summed E-state index contributed by atoms with van der Waals surface area (Å²) >= 11 is 0. The van der Waals surface area contributed by atoms with E-state index in [0.29, 0.717) is 0 Å². The number of ether oxygens (including phenoxy) is 1. The van der Waals surface area contributed by atoms with Crippen LogP contribution < -0.4 is 4.74 Å². The summed E-state index contributed by atoms with van der Waals surface area (Å²) in [4.78, 5) is 0. The molecule has 0 aromatic heterocycles. The minimum Gasteiger partial charge on any atom is -0.488 e. The molecule has 0 fully saturated rings. The molecule has 0 radical (unpaired) electrons. The molecular weight excluding hydrogens is 269 g/mol. The van der Waals surface area contributed by atoms with E-state index < -0.39 is 23.6 Å². The summed E-state index contributed by atoms with van der Waals surface area (Å²) in [5.41, 5.74) is 0.444. The van der Waals surface area contributed by atoms with E-state index in [1.807, 2.05) is 0 Å². The Morgan fingerprint density at radius 3 is 2.35 bits per heavy atom. The molecule has 106 valence electrons. The zero-order valence-corrected chi connectivity index (χ0v) is 10.7. The third kappa shape index (κ3) is 3.30. The number of benzene rings is 2. The second kappa shape index (κ2) is 5.96. The topological polar surface area (TPSA) is 29.5 Å². The van der Waals surface area contributed by atoms with Crippen LogP contribution in [0.2, 0.25) is 0 Å². The summed E-state index contributed by atoms with van der Waals surface area (Å²) < 4.78 is 44.7. The van der Waals surface area contributed by atoms with E-state index in [-0.39, 0.29) is 23.5 Å². The smallest absolute Gasteiger partial charge is 0.132 e. The second-order valence-corrected chi connectivity index (χ2v) is 4.38. The lowest BCUT2D eigenvalue weighted by Gasteiger charge is -2.14. The lowest BCUT2D eigenvalue weighted by atomic mass is 10.1. The van der Waals surface area contributed by atoms with Crippen molar-refractivity contribution in [2.75, 3.05) is 0 Å². The molecule has 5 heteroatoms. The van der Waals surface area contributed by atoms with E-state index in [4.69, 9.17) is 4.74 Å². The van der Waals surface area contributed by atoms with Gasteiger partial charge in [0, 0.05) is 17.2 Å². The summed E-state index contributed by atoms with van der Waals surface area (Å²) in [5, 5.41) is 9.55. The first-order valence-corrected chi connectivity index (χ1v) is 6.01. The van der Waals surface area contributed by atoms with E-state index in [1.54, 1.807) is 0 Å². The number of hydrogen-bond acceptors (Lipinski definition) is 2. The number of hydrogen-bond donors (Lipinski definition) is 1. The van der Waals surface area contributed by atoms with Gasteiger partial charge in [-0.15, -0.1) is 0 Å². The molecule has 2 nitrogen and oxygen atoms in total. The maximum atomic E-state index is 13.4. The molecule has 1 N–H and O–H groups in total. The normalized spacial score (nSPS) is 12.2. The maximum absolute atomic E-state index is 13.4. The molecule has 0 aliphatic heterocycles. The lowest BCUT2D eigenvalue weighted by molar-refractivity contribution is 0.189. The van der Waals surface area contributed by atoms with Gasteiger partial charge in [0.05, 0.1) is 6.10 Å². The fourth-order valence-corrected chi connectivity index (χ4v) is 1.77. The van der Waals surface area contributed by atoms with Gasteiger partial charge in [-0.3, -0.25) is 0 Å². The second-order valence-electron chi connectivity index (χ2n) is 4.38. The van der Waals surface area contributed by atoms with Gasteiger partial charge >= 0.3 is 0 Å².